The zero-order valence-electron chi connectivity index (χ0n) is 21.6. The van der Waals surface area contributed by atoms with Crippen molar-refractivity contribution in [1.82, 2.24) is 10.4 Å². The summed E-state index contributed by atoms with van der Waals surface area (Å²) in [5.41, 5.74) is 6.06. The summed E-state index contributed by atoms with van der Waals surface area (Å²) in [6.07, 6.45) is 1.46. The second-order valence-corrected chi connectivity index (χ2v) is 10.1. The van der Waals surface area contributed by atoms with Crippen LogP contribution in [0.15, 0.2) is 90.0 Å². The normalized spacial score (nSPS) is 11.1. The SMILES string of the molecule is CCOc1cc(C=NNC(=O)c2[nH]c3ccc(Cl)cc3c2-c2ccccc2)ccc1OC(=O)c1ccc(Cl)cc1Cl. The maximum absolute atomic E-state index is 13.2. The van der Waals surface area contributed by atoms with E-state index in [0.717, 1.165) is 22.0 Å². The van der Waals surface area contributed by atoms with Crippen molar-refractivity contribution in [1.29, 1.82) is 0 Å². The van der Waals surface area contributed by atoms with Gasteiger partial charge in [-0.15, -0.1) is 0 Å². The Hall–Kier alpha value is -4.30. The van der Waals surface area contributed by atoms with Crippen LogP contribution in [0.3, 0.4) is 0 Å². The first kappa shape index (κ1) is 28.2. The van der Waals surface area contributed by atoms with Gasteiger partial charge < -0.3 is 14.5 Å². The number of carbonyl (C=O) groups excluding carboxylic acids is 2. The Morgan fingerprint density at radius 1 is 0.902 bits per heavy atom. The summed E-state index contributed by atoms with van der Waals surface area (Å²) in [5.74, 6) is -0.564. The summed E-state index contributed by atoms with van der Waals surface area (Å²) in [4.78, 5) is 29.1. The van der Waals surface area contributed by atoms with E-state index in [-0.39, 0.29) is 16.3 Å². The highest BCUT2D eigenvalue weighted by atomic mass is 35.5. The van der Waals surface area contributed by atoms with Crippen molar-refractivity contribution in [3.05, 3.63) is 117 Å². The van der Waals surface area contributed by atoms with Crippen LogP contribution in [-0.2, 0) is 0 Å². The fraction of sp³-hybridized carbons (Fsp3) is 0.0645. The van der Waals surface area contributed by atoms with Gasteiger partial charge in [-0.05, 0) is 72.6 Å². The number of fused-ring (bicyclic) bond motifs is 1. The highest BCUT2D eigenvalue weighted by Crippen LogP contribution is 2.34. The van der Waals surface area contributed by atoms with E-state index in [2.05, 4.69) is 15.5 Å². The van der Waals surface area contributed by atoms with Crippen LogP contribution in [0.2, 0.25) is 15.1 Å². The molecule has 0 radical (unpaired) electrons. The molecule has 41 heavy (non-hydrogen) atoms. The van der Waals surface area contributed by atoms with Crippen LogP contribution >= 0.6 is 34.8 Å². The molecule has 10 heteroatoms. The first-order valence-electron chi connectivity index (χ1n) is 12.5. The maximum atomic E-state index is 13.2. The van der Waals surface area contributed by atoms with E-state index in [1.54, 1.807) is 37.3 Å². The number of rotatable bonds is 8. The third kappa shape index (κ3) is 6.38. The average Bonchev–Trinajstić information content (AvgIpc) is 3.33. The molecule has 7 nitrogen and oxygen atoms in total. The lowest BCUT2D eigenvalue weighted by Crippen LogP contribution is -2.18. The second-order valence-electron chi connectivity index (χ2n) is 8.78. The van der Waals surface area contributed by atoms with E-state index in [0.29, 0.717) is 33.7 Å². The van der Waals surface area contributed by atoms with E-state index in [1.165, 1.54) is 18.3 Å². The summed E-state index contributed by atoms with van der Waals surface area (Å²) in [7, 11) is 0. The van der Waals surface area contributed by atoms with Gasteiger partial charge in [0.05, 0.1) is 23.4 Å². The summed E-state index contributed by atoms with van der Waals surface area (Å²) >= 11 is 18.3. The predicted octanol–water partition coefficient (Wildman–Crippen LogP) is 8.18. The van der Waals surface area contributed by atoms with Gasteiger partial charge in [0.1, 0.15) is 5.69 Å². The first-order valence-corrected chi connectivity index (χ1v) is 13.6. The fourth-order valence-electron chi connectivity index (χ4n) is 4.23. The largest absolute Gasteiger partial charge is 0.490 e. The predicted molar refractivity (Wildman–Crippen MR) is 163 cm³/mol. The molecule has 4 aromatic carbocycles. The minimum atomic E-state index is -0.657. The van der Waals surface area contributed by atoms with E-state index in [1.807, 2.05) is 42.5 Å². The summed E-state index contributed by atoms with van der Waals surface area (Å²) in [6, 6.07) is 24.4. The van der Waals surface area contributed by atoms with Gasteiger partial charge in [0.15, 0.2) is 11.5 Å². The van der Waals surface area contributed by atoms with Crippen LogP contribution in [0.4, 0.5) is 0 Å². The summed E-state index contributed by atoms with van der Waals surface area (Å²) in [5, 5.41) is 6.10. The Morgan fingerprint density at radius 3 is 2.41 bits per heavy atom. The molecular formula is C31H22Cl3N3O4. The van der Waals surface area contributed by atoms with Gasteiger partial charge in [0, 0.05) is 26.5 Å². The molecule has 0 unspecified atom stereocenters. The number of esters is 1. The lowest BCUT2D eigenvalue weighted by Gasteiger charge is -2.12. The Kier molecular flexibility index (Phi) is 8.59. The van der Waals surface area contributed by atoms with Crippen molar-refractivity contribution in [3.63, 3.8) is 0 Å². The topological polar surface area (TPSA) is 92.8 Å². The Labute approximate surface area is 250 Å². The van der Waals surface area contributed by atoms with Crippen molar-refractivity contribution in [2.75, 3.05) is 6.61 Å². The van der Waals surface area contributed by atoms with Gasteiger partial charge in [0.25, 0.3) is 5.91 Å². The van der Waals surface area contributed by atoms with E-state index < -0.39 is 11.9 Å². The van der Waals surface area contributed by atoms with Crippen molar-refractivity contribution in [3.8, 4) is 22.6 Å². The van der Waals surface area contributed by atoms with Gasteiger partial charge in [-0.3, -0.25) is 4.79 Å². The smallest absolute Gasteiger partial charge is 0.345 e. The zero-order valence-corrected chi connectivity index (χ0v) is 23.8. The van der Waals surface area contributed by atoms with Crippen molar-refractivity contribution in [2.24, 2.45) is 5.10 Å². The number of aromatic amines is 1. The lowest BCUT2D eigenvalue weighted by molar-refractivity contribution is 0.0728. The van der Waals surface area contributed by atoms with E-state index in [4.69, 9.17) is 44.3 Å². The van der Waals surface area contributed by atoms with E-state index >= 15 is 0 Å². The molecule has 0 aliphatic heterocycles. The number of H-pyrrole nitrogens is 1. The van der Waals surface area contributed by atoms with Gasteiger partial charge in [-0.2, -0.15) is 5.10 Å². The van der Waals surface area contributed by atoms with Crippen molar-refractivity contribution >= 4 is 63.8 Å². The number of benzene rings is 4. The van der Waals surface area contributed by atoms with Crippen molar-refractivity contribution in [2.45, 2.75) is 6.92 Å². The van der Waals surface area contributed by atoms with Crippen LogP contribution in [0.1, 0.15) is 33.3 Å². The third-order valence-electron chi connectivity index (χ3n) is 6.05. The molecule has 0 saturated heterocycles. The van der Waals surface area contributed by atoms with Gasteiger partial charge in [0.2, 0.25) is 0 Å². The fourth-order valence-corrected chi connectivity index (χ4v) is 4.89. The number of carbonyl (C=O) groups is 2. The molecule has 1 aromatic heterocycles. The molecule has 5 aromatic rings. The number of nitrogens with one attached hydrogen (secondary N) is 2. The average molecular weight is 607 g/mol. The monoisotopic (exact) mass is 605 g/mol. The van der Waals surface area contributed by atoms with Gasteiger partial charge >= 0.3 is 5.97 Å². The number of hydrogen-bond acceptors (Lipinski definition) is 5. The highest BCUT2D eigenvalue weighted by molar-refractivity contribution is 6.36. The number of nitrogens with zero attached hydrogens (tertiary/aromatic N) is 1. The second kappa shape index (κ2) is 12.5. The van der Waals surface area contributed by atoms with Gasteiger partial charge in [-0.25, -0.2) is 10.2 Å². The number of aromatic nitrogens is 1. The lowest BCUT2D eigenvalue weighted by atomic mass is 10.0. The standard InChI is InChI=1S/C31H22Cl3N3O4/c1-2-40-27-14-18(8-13-26(27)41-31(39)22-11-9-21(33)16-24(22)34)17-35-37-30(38)29-28(19-6-4-3-5-7-19)23-15-20(32)10-12-25(23)36-29/h3-17,36H,2H2,1H3,(H,37,38). The van der Waals surface area contributed by atoms with Crippen LogP contribution < -0.4 is 14.9 Å². The zero-order chi connectivity index (χ0) is 28.9. The highest BCUT2D eigenvalue weighted by Gasteiger charge is 2.20. The third-order valence-corrected chi connectivity index (χ3v) is 6.83. The molecule has 1 heterocycles. The minimum Gasteiger partial charge on any atom is -0.490 e. The Bertz CT molecular complexity index is 1790. The molecule has 0 bridgehead atoms. The quantitative estimate of drug-likeness (QED) is 0.0806. The molecule has 0 fully saturated rings. The Balaban J connectivity index is 1.36. The number of ether oxygens (including phenoxy) is 2. The van der Waals surface area contributed by atoms with Crippen LogP contribution in [0.5, 0.6) is 11.5 Å². The first-order chi connectivity index (χ1) is 19.8. The number of amides is 1. The number of hydrazone groups is 1. The molecule has 0 saturated carbocycles. The van der Waals surface area contributed by atoms with Crippen LogP contribution in [-0.4, -0.2) is 29.7 Å². The van der Waals surface area contributed by atoms with Crippen LogP contribution in [0, 0.1) is 0 Å². The number of halogens is 3. The molecule has 0 aliphatic rings. The number of hydrogen-bond donors (Lipinski definition) is 2. The molecular weight excluding hydrogens is 585 g/mol. The molecule has 206 valence electrons. The van der Waals surface area contributed by atoms with Gasteiger partial charge in [-0.1, -0.05) is 65.1 Å². The molecule has 2 N–H and O–H groups in total. The van der Waals surface area contributed by atoms with Crippen LogP contribution in [0.25, 0.3) is 22.0 Å². The maximum Gasteiger partial charge on any atom is 0.345 e. The summed E-state index contributed by atoms with van der Waals surface area (Å²) < 4.78 is 11.2. The molecule has 0 aliphatic carbocycles. The molecule has 1 amide bonds. The Morgan fingerprint density at radius 2 is 1.66 bits per heavy atom. The van der Waals surface area contributed by atoms with Crippen molar-refractivity contribution < 1.29 is 19.1 Å². The summed E-state index contributed by atoms with van der Waals surface area (Å²) in [6.45, 7) is 2.14. The minimum absolute atomic E-state index is 0.168. The molecule has 5 rings (SSSR count). The molecule has 0 spiro atoms. The van der Waals surface area contributed by atoms with E-state index in [9.17, 15) is 9.59 Å². The molecule has 0 atom stereocenters.